The predicted molar refractivity (Wildman–Crippen MR) is 73.9 cm³/mol. The van der Waals surface area contributed by atoms with E-state index in [2.05, 4.69) is 26.8 Å². The second kappa shape index (κ2) is 5.31. The van der Waals surface area contributed by atoms with Crippen molar-refractivity contribution >= 4 is 0 Å². The molecule has 0 aromatic heterocycles. The Labute approximate surface area is 110 Å². The van der Waals surface area contributed by atoms with Gasteiger partial charge in [0.1, 0.15) is 5.75 Å². The first-order valence-corrected chi connectivity index (χ1v) is 6.86. The molecule has 100 valence electrons. The lowest BCUT2D eigenvalue weighted by atomic mass is 9.91. The Morgan fingerprint density at radius 2 is 2.00 bits per heavy atom. The van der Waals surface area contributed by atoms with Gasteiger partial charge in [-0.05, 0) is 49.7 Å². The molecule has 1 aromatic carbocycles. The molecule has 1 aliphatic carbocycles. The second-order valence-corrected chi connectivity index (χ2v) is 5.75. The maximum absolute atomic E-state index is 10.6. The van der Waals surface area contributed by atoms with Crippen LogP contribution in [-0.4, -0.2) is 12.2 Å². The number of hydrogen-bond donors (Lipinski definition) is 1. The van der Waals surface area contributed by atoms with Gasteiger partial charge >= 0.3 is 0 Å². The van der Waals surface area contributed by atoms with E-state index in [1.54, 1.807) is 7.11 Å². The topological polar surface area (TPSA) is 29.5 Å². The van der Waals surface area contributed by atoms with Gasteiger partial charge in [-0.1, -0.05) is 25.5 Å². The summed E-state index contributed by atoms with van der Waals surface area (Å²) >= 11 is 0. The molecule has 1 aliphatic rings. The zero-order valence-electron chi connectivity index (χ0n) is 11.9. The summed E-state index contributed by atoms with van der Waals surface area (Å²) in [6, 6.07) is 4.10. The third-order valence-electron chi connectivity index (χ3n) is 4.41. The summed E-state index contributed by atoms with van der Waals surface area (Å²) in [5, 5.41) is 10.6. The molecule has 3 unspecified atom stereocenters. The van der Waals surface area contributed by atoms with Gasteiger partial charge < -0.3 is 9.84 Å². The predicted octanol–water partition coefficient (Wildman–Crippen LogP) is 3.78. The highest BCUT2D eigenvalue weighted by molar-refractivity contribution is 5.46. The monoisotopic (exact) mass is 248 g/mol. The average molecular weight is 248 g/mol. The van der Waals surface area contributed by atoms with Crippen LogP contribution in [0.5, 0.6) is 5.75 Å². The number of aliphatic hydroxyl groups excluding tert-OH is 1. The van der Waals surface area contributed by atoms with E-state index in [1.807, 2.05) is 6.07 Å². The minimum absolute atomic E-state index is 0.385. The van der Waals surface area contributed by atoms with E-state index in [0.29, 0.717) is 5.92 Å². The highest BCUT2D eigenvalue weighted by atomic mass is 16.5. The largest absolute Gasteiger partial charge is 0.496 e. The summed E-state index contributed by atoms with van der Waals surface area (Å²) in [7, 11) is 1.69. The molecule has 0 spiro atoms. The maximum Gasteiger partial charge on any atom is 0.127 e. The Bertz CT molecular complexity index is 425. The van der Waals surface area contributed by atoms with Gasteiger partial charge in [-0.15, -0.1) is 0 Å². The summed E-state index contributed by atoms with van der Waals surface area (Å²) in [6.07, 6.45) is 3.09. The van der Waals surface area contributed by atoms with Gasteiger partial charge in [0.25, 0.3) is 0 Å². The molecule has 0 saturated heterocycles. The van der Waals surface area contributed by atoms with E-state index >= 15 is 0 Å². The zero-order chi connectivity index (χ0) is 13.3. The molecule has 0 aliphatic heterocycles. The quantitative estimate of drug-likeness (QED) is 0.882. The van der Waals surface area contributed by atoms with Gasteiger partial charge in [0.15, 0.2) is 0 Å². The van der Waals surface area contributed by atoms with Gasteiger partial charge in [0.05, 0.1) is 13.2 Å². The van der Waals surface area contributed by atoms with Crippen molar-refractivity contribution in [1.29, 1.82) is 0 Å². The minimum atomic E-state index is -0.385. The fourth-order valence-electron chi connectivity index (χ4n) is 3.11. The van der Waals surface area contributed by atoms with Crippen LogP contribution >= 0.6 is 0 Å². The highest BCUT2D eigenvalue weighted by Gasteiger charge is 2.30. The van der Waals surface area contributed by atoms with Crippen LogP contribution < -0.4 is 4.74 Å². The summed E-state index contributed by atoms with van der Waals surface area (Å²) < 4.78 is 5.50. The fraction of sp³-hybridized carbons (Fsp3) is 0.625. The van der Waals surface area contributed by atoms with E-state index in [1.165, 1.54) is 12.0 Å². The third kappa shape index (κ3) is 2.39. The molecule has 2 heteroatoms. The van der Waals surface area contributed by atoms with Gasteiger partial charge in [-0.2, -0.15) is 0 Å². The zero-order valence-corrected chi connectivity index (χ0v) is 11.9. The smallest absolute Gasteiger partial charge is 0.127 e. The Hall–Kier alpha value is -1.02. The normalized spacial score (nSPS) is 25.2. The van der Waals surface area contributed by atoms with E-state index in [0.717, 1.165) is 35.6 Å². The van der Waals surface area contributed by atoms with Crippen molar-refractivity contribution in [1.82, 2.24) is 0 Å². The molecule has 0 heterocycles. The molecule has 1 fully saturated rings. The SMILES string of the molecule is COc1c(C(O)C2CCC(C)C2)ccc(C)c1C. The van der Waals surface area contributed by atoms with Crippen LogP contribution in [-0.2, 0) is 0 Å². The van der Waals surface area contributed by atoms with E-state index in [-0.39, 0.29) is 6.10 Å². The van der Waals surface area contributed by atoms with Crippen LogP contribution in [0.1, 0.15) is 49.0 Å². The molecule has 1 N–H and O–H groups in total. The Kier molecular flexibility index (Phi) is 3.96. The molecule has 2 nitrogen and oxygen atoms in total. The van der Waals surface area contributed by atoms with Crippen LogP contribution in [0.2, 0.25) is 0 Å². The molecular weight excluding hydrogens is 224 g/mol. The average Bonchev–Trinajstić information content (AvgIpc) is 2.78. The van der Waals surface area contributed by atoms with E-state index in [4.69, 9.17) is 4.74 Å². The molecule has 18 heavy (non-hydrogen) atoms. The number of hydrogen-bond acceptors (Lipinski definition) is 2. The number of benzene rings is 1. The van der Waals surface area contributed by atoms with Crippen molar-refractivity contribution in [2.45, 2.75) is 46.1 Å². The lowest BCUT2D eigenvalue weighted by molar-refractivity contribution is 0.106. The van der Waals surface area contributed by atoms with E-state index < -0.39 is 0 Å². The molecule has 0 bridgehead atoms. The standard InChI is InChI=1S/C16H24O2/c1-10-5-7-13(9-10)15(17)14-8-6-11(2)12(3)16(14)18-4/h6,8,10,13,15,17H,5,7,9H2,1-4H3. The van der Waals surface area contributed by atoms with Crippen LogP contribution in [0.15, 0.2) is 12.1 Å². The summed E-state index contributed by atoms with van der Waals surface area (Å²) in [6.45, 7) is 6.40. The molecule has 0 amide bonds. The highest BCUT2D eigenvalue weighted by Crippen LogP contribution is 2.42. The molecule has 1 saturated carbocycles. The molecule has 3 atom stereocenters. The summed E-state index contributed by atoms with van der Waals surface area (Å²) in [5.74, 6) is 1.99. The lowest BCUT2D eigenvalue weighted by Gasteiger charge is -2.22. The van der Waals surface area contributed by atoms with Gasteiger partial charge in [0.2, 0.25) is 0 Å². The van der Waals surface area contributed by atoms with Crippen molar-refractivity contribution in [2.75, 3.05) is 7.11 Å². The van der Waals surface area contributed by atoms with Crippen LogP contribution in [0.25, 0.3) is 0 Å². The van der Waals surface area contributed by atoms with Crippen molar-refractivity contribution in [2.24, 2.45) is 11.8 Å². The molecule has 0 radical (unpaired) electrons. The first-order chi connectivity index (χ1) is 8.54. The second-order valence-electron chi connectivity index (χ2n) is 5.75. The number of aryl methyl sites for hydroxylation is 1. The van der Waals surface area contributed by atoms with E-state index in [9.17, 15) is 5.11 Å². The number of ether oxygens (including phenoxy) is 1. The number of methoxy groups -OCH3 is 1. The van der Waals surface area contributed by atoms with Crippen molar-refractivity contribution in [3.05, 3.63) is 28.8 Å². The maximum atomic E-state index is 10.6. The van der Waals surface area contributed by atoms with Crippen LogP contribution in [0.4, 0.5) is 0 Å². The molecule has 1 aromatic rings. The van der Waals surface area contributed by atoms with Crippen molar-refractivity contribution in [3.63, 3.8) is 0 Å². The Balaban J connectivity index is 2.30. The number of aliphatic hydroxyl groups is 1. The summed E-state index contributed by atoms with van der Waals surface area (Å²) in [4.78, 5) is 0. The van der Waals surface area contributed by atoms with Crippen molar-refractivity contribution < 1.29 is 9.84 Å². The minimum Gasteiger partial charge on any atom is -0.496 e. The molecular formula is C16H24O2. The van der Waals surface area contributed by atoms with Gasteiger partial charge in [0, 0.05) is 5.56 Å². The summed E-state index contributed by atoms with van der Waals surface area (Å²) in [5.41, 5.74) is 3.31. The number of rotatable bonds is 3. The molecule has 2 rings (SSSR count). The van der Waals surface area contributed by atoms with Crippen molar-refractivity contribution in [3.8, 4) is 5.75 Å². The van der Waals surface area contributed by atoms with Gasteiger partial charge in [-0.25, -0.2) is 0 Å². The Morgan fingerprint density at radius 3 is 2.56 bits per heavy atom. The van der Waals surface area contributed by atoms with Crippen LogP contribution in [0, 0.1) is 25.7 Å². The Morgan fingerprint density at radius 1 is 1.28 bits per heavy atom. The first kappa shape index (κ1) is 13.4. The van der Waals surface area contributed by atoms with Crippen LogP contribution in [0.3, 0.4) is 0 Å². The first-order valence-electron chi connectivity index (χ1n) is 6.86. The third-order valence-corrected chi connectivity index (χ3v) is 4.41. The fourth-order valence-corrected chi connectivity index (χ4v) is 3.11. The van der Waals surface area contributed by atoms with Gasteiger partial charge in [-0.3, -0.25) is 0 Å². The lowest BCUT2D eigenvalue weighted by Crippen LogP contribution is -2.11.